The molecule has 0 spiro atoms. The van der Waals surface area contributed by atoms with Crippen LogP contribution in [0, 0.1) is 17.8 Å². The number of imide groups is 1. The molecule has 1 N–H and O–H groups in total. The number of carbonyl (C=O) groups is 3. The lowest BCUT2D eigenvalue weighted by molar-refractivity contribution is -0.148. The Hall–Kier alpha value is -3.35. The maximum absolute atomic E-state index is 14.3. The molecule has 0 aromatic heterocycles. The molecule has 0 saturated carbocycles. The molecule has 2 bridgehead atoms. The van der Waals surface area contributed by atoms with E-state index >= 15 is 0 Å². The van der Waals surface area contributed by atoms with Gasteiger partial charge in [-0.2, -0.15) is 0 Å². The fourth-order valence-electron chi connectivity index (χ4n) is 6.60. The van der Waals surface area contributed by atoms with Crippen molar-refractivity contribution >= 4 is 46.6 Å². The highest BCUT2D eigenvalue weighted by Crippen LogP contribution is 2.69. The van der Waals surface area contributed by atoms with Crippen LogP contribution in [0.2, 0.25) is 0 Å². The zero-order valence-electron chi connectivity index (χ0n) is 21.1. The number of methoxy groups -OCH3 is 1. The third-order valence-electron chi connectivity index (χ3n) is 8.13. The van der Waals surface area contributed by atoms with Gasteiger partial charge >= 0.3 is 0 Å². The first-order valence-electron chi connectivity index (χ1n) is 12.5. The predicted octanol–water partition coefficient (Wildman–Crippen LogP) is 5.25. The molecule has 6 nitrogen and oxygen atoms in total. The lowest BCUT2D eigenvalue weighted by Crippen LogP contribution is -2.57. The lowest BCUT2D eigenvalue weighted by atomic mass is 9.54. The van der Waals surface area contributed by atoms with Crippen LogP contribution in [0.3, 0.4) is 0 Å². The number of carbonyl (C=O) groups excluding carboxylic acids is 3. The Bertz CT molecular complexity index is 1380. The Morgan fingerprint density at radius 2 is 1.32 bits per heavy atom. The van der Waals surface area contributed by atoms with Crippen molar-refractivity contribution in [2.45, 2.75) is 29.6 Å². The summed E-state index contributed by atoms with van der Waals surface area (Å²) in [6.07, 6.45) is 0. The summed E-state index contributed by atoms with van der Waals surface area (Å²) in [5.74, 6) is -3.14. The molecule has 7 rings (SSSR count). The normalized spacial score (nSPS) is 27.6. The molecule has 3 amide bonds. The van der Waals surface area contributed by atoms with Crippen molar-refractivity contribution in [2.75, 3.05) is 12.4 Å². The van der Waals surface area contributed by atoms with Crippen LogP contribution in [0.25, 0.3) is 0 Å². The summed E-state index contributed by atoms with van der Waals surface area (Å²) in [5, 5.41) is 2.86. The first kappa shape index (κ1) is 25.0. The predicted molar refractivity (Wildman–Crippen MR) is 145 cm³/mol. The summed E-state index contributed by atoms with van der Waals surface area (Å²) in [4.78, 5) is 40.7. The molecule has 1 heterocycles. The molecule has 194 valence electrons. The van der Waals surface area contributed by atoms with Gasteiger partial charge in [0.2, 0.25) is 17.7 Å². The van der Waals surface area contributed by atoms with Crippen molar-refractivity contribution in [1.29, 1.82) is 0 Å². The Kier molecular flexibility index (Phi) is 5.64. The molecule has 1 saturated heterocycles. The zero-order chi connectivity index (χ0) is 27.0. The third kappa shape index (κ3) is 3.10. The molecule has 0 unspecified atom stereocenters. The Balaban J connectivity index is 1.47. The van der Waals surface area contributed by atoms with Gasteiger partial charge in [0.05, 0.1) is 18.9 Å². The van der Waals surface area contributed by atoms with Crippen LogP contribution in [0.5, 0.6) is 5.75 Å². The number of hydrogen-bond donors (Lipinski definition) is 1. The van der Waals surface area contributed by atoms with E-state index in [9.17, 15) is 14.4 Å². The average Bonchev–Trinajstić information content (AvgIpc) is 3.18. The molecule has 3 atom stereocenters. The number of rotatable bonds is 5. The molecular weight excluding hydrogens is 523 g/mol. The number of benzene rings is 3. The monoisotopic (exact) mass is 548 g/mol. The minimum absolute atomic E-state index is 0.367. The molecule has 1 aliphatic heterocycles. The van der Waals surface area contributed by atoms with E-state index in [1.54, 1.807) is 24.3 Å². The van der Waals surface area contributed by atoms with Gasteiger partial charge in [0.1, 0.15) is 21.5 Å². The lowest BCUT2D eigenvalue weighted by Gasteiger charge is -2.54. The van der Waals surface area contributed by atoms with Crippen LogP contribution in [0.1, 0.15) is 36.1 Å². The average molecular weight is 549 g/mol. The van der Waals surface area contributed by atoms with Crippen LogP contribution in [-0.4, -0.2) is 35.8 Å². The van der Waals surface area contributed by atoms with Gasteiger partial charge in [0, 0.05) is 11.8 Å². The second-order valence-corrected chi connectivity index (χ2v) is 11.6. The summed E-state index contributed by atoms with van der Waals surface area (Å²) in [7, 11) is 1.54. The number of halogens is 2. The van der Waals surface area contributed by atoms with Crippen molar-refractivity contribution in [2.24, 2.45) is 17.8 Å². The number of nitrogens with zero attached hydrogens (tertiary/aromatic N) is 1. The van der Waals surface area contributed by atoms with Crippen molar-refractivity contribution in [3.63, 3.8) is 0 Å². The molecular formula is C30H26Cl2N2O4. The fourth-order valence-corrected chi connectivity index (χ4v) is 7.70. The number of anilines is 1. The summed E-state index contributed by atoms with van der Waals surface area (Å²) in [6.45, 7) is 3.62. The highest BCUT2D eigenvalue weighted by atomic mass is 35.5. The van der Waals surface area contributed by atoms with Crippen molar-refractivity contribution in [3.8, 4) is 5.75 Å². The van der Waals surface area contributed by atoms with E-state index in [1.807, 2.05) is 62.4 Å². The van der Waals surface area contributed by atoms with Crippen LogP contribution in [0.15, 0.2) is 72.8 Å². The molecule has 1 fully saturated rings. The van der Waals surface area contributed by atoms with Gasteiger partial charge in [-0.15, -0.1) is 23.2 Å². The van der Waals surface area contributed by atoms with Crippen LogP contribution in [0.4, 0.5) is 5.69 Å². The Morgan fingerprint density at radius 1 is 0.842 bits per heavy atom. The molecule has 3 aromatic rings. The van der Waals surface area contributed by atoms with Gasteiger partial charge < -0.3 is 10.1 Å². The third-order valence-corrected chi connectivity index (χ3v) is 9.42. The smallest absolute Gasteiger partial charge is 0.247 e. The largest absolute Gasteiger partial charge is 0.497 e. The zero-order valence-corrected chi connectivity index (χ0v) is 22.6. The van der Waals surface area contributed by atoms with Crippen LogP contribution < -0.4 is 10.1 Å². The van der Waals surface area contributed by atoms with Gasteiger partial charge in [0.25, 0.3) is 0 Å². The van der Waals surface area contributed by atoms with Crippen molar-refractivity contribution < 1.29 is 19.1 Å². The van der Waals surface area contributed by atoms with E-state index in [2.05, 4.69) is 5.32 Å². The van der Waals surface area contributed by atoms with Gasteiger partial charge in [-0.3, -0.25) is 19.3 Å². The molecule has 4 aliphatic rings. The molecule has 38 heavy (non-hydrogen) atoms. The molecule has 0 radical (unpaired) electrons. The first-order chi connectivity index (χ1) is 18.1. The van der Waals surface area contributed by atoms with Crippen molar-refractivity contribution in [3.05, 3.63) is 95.1 Å². The number of ether oxygens (including phenoxy) is 1. The maximum atomic E-state index is 14.3. The summed E-state index contributed by atoms with van der Waals surface area (Å²) < 4.78 is 5.26. The molecule has 3 aromatic carbocycles. The quantitative estimate of drug-likeness (QED) is 0.349. The second-order valence-electron chi connectivity index (χ2n) is 10.4. The van der Waals surface area contributed by atoms with Crippen LogP contribution >= 0.6 is 23.2 Å². The van der Waals surface area contributed by atoms with E-state index in [4.69, 9.17) is 27.9 Å². The molecule has 3 aliphatic carbocycles. The second kappa shape index (κ2) is 8.58. The minimum Gasteiger partial charge on any atom is -0.497 e. The number of hydrogen-bond acceptors (Lipinski definition) is 4. The maximum Gasteiger partial charge on any atom is 0.247 e. The Labute approximate surface area is 230 Å². The SMILES string of the molecule is COc1cccc(NC(=O)[C@H](C(C)C)N2C(=O)[C@@H]3[C@@H](C2=O)C2(Cl)c4ccccc4C3(Cl)c3ccccc32)c1. The summed E-state index contributed by atoms with van der Waals surface area (Å²) >= 11 is 15.0. The highest BCUT2D eigenvalue weighted by Gasteiger charge is 2.73. The Morgan fingerprint density at radius 3 is 1.74 bits per heavy atom. The van der Waals surface area contributed by atoms with E-state index < -0.39 is 45.3 Å². The van der Waals surface area contributed by atoms with Crippen LogP contribution in [-0.2, 0) is 24.1 Å². The standard InChI is InChI=1S/C30H26Cl2N2O4/c1-16(2)25(26(35)33-17-9-8-10-18(15-17)38-3)34-27(36)23-24(28(34)37)30(32)20-12-5-4-11-19(20)29(23,31)21-13-6-7-14-22(21)30/h4-16,23-25H,1-3H3,(H,33,35)/t23-,24-,25-,29?,30?/m0/s1. The van der Waals surface area contributed by atoms with E-state index in [1.165, 1.54) is 7.11 Å². The van der Waals surface area contributed by atoms with E-state index in [-0.39, 0.29) is 5.92 Å². The van der Waals surface area contributed by atoms with Gasteiger partial charge in [-0.05, 0) is 40.3 Å². The first-order valence-corrected chi connectivity index (χ1v) is 13.3. The summed E-state index contributed by atoms with van der Waals surface area (Å²) in [5.41, 5.74) is 3.39. The fraction of sp³-hybridized carbons (Fsp3) is 0.300. The minimum atomic E-state index is -1.29. The summed E-state index contributed by atoms with van der Waals surface area (Å²) in [6, 6.07) is 20.8. The van der Waals surface area contributed by atoms with E-state index in [0.29, 0.717) is 11.4 Å². The van der Waals surface area contributed by atoms with Gasteiger partial charge in [0.15, 0.2) is 0 Å². The number of alkyl halides is 2. The van der Waals surface area contributed by atoms with Gasteiger partial charge in [-0.1, -0.05) is 68.4 Å². The van der Waals surface area contributed by atoms with Gasteiger partial charge in [-0.25, -0.2) is 0 Å². The highest BCUT2D eigenvalue weighted by molar-refractivity contribution is 6.36. The molecule has 8 heteroatoms. The number of amides is 3. The van der Waals surface area contributed by atoms with E-state index in [0.717, 1.165) is 27.2 Å². The number of likely N-dealkylation sites (tertiary alicyclic amines) is 1. The van der Waals surface area contributed by atoms with Crippen molar-refractivity contribution in [1.82, 2.24) is 4.90 Å². The number of nitrogens with one attached hydrogen (secondary N) is 1. The topological polar surface area (TPSA) is 75.7 Å².